The zero-order valence-corrected chi connectivity index (χ0v) is 31.9. The number of rotatable bonds is 12. The van der Waals surface area contributed by atoms with Crippen molar-refractivity contribution in [1.82, 2.24) is 20.0 Å². The highest BCUT2D eigenvalue weighted by Crippen LogP contribution is 2.50. The van der Waals surface area contributed by atoms with Crippen molar-refractivity contribution in [1.29, 1.82) is 5.26 Å². The number of benzene rings is 2. The average molecular weight is 761 g/mol. The van der Waals surface area contributed by atoms with Crippen molar-refractivity contribution in [2.24, 2.45) is 17.8 Å². The van der Waals surface area contributed by atoms with E-state index in [0.29, 0.717) is 30.0 Å². The van der Waals surface area contributed by atoms with Gasteiger partial charge in [0, 0.05) is 68.4 Å². The van der Waals surface area contributed by atoms with Crippen LogP contribution >= 0.6 is 0 Å². The van der Waals surface area contributed by atoms with Gasteiger partial charge < -0.3 is 25.1 Å². The van der Waals surface area contributed by atoms with E-state index in [4.69, 9.17) is 0 Å². The van der Waals surface area contributed by atoms with Crippen molar-refractivity contribution < 1.29 is 27.5 Å². The molecule has 54 heavy (non-hydrogen) atoms. The molecule has 5 aliphatic rings. The van der Waals surface area contributed by atoms with Crippen LogP contribution in [0.15, 0.2) is 65.6 Å². The first kappa shape index (κ1) is 38.3. The minimum absolute atomic E-state index is 0.0261. The van der Waals surface area contributed by atoms with E-state index in [0.717, 1.165) is 90.0 Å². The number of sulfone groups is 1. The molecule has 4 heterocycles. The number of hydrogen-bond donors (Lipinski definition) is 2. The zero-order chi connectivity index (χ0) is 38.0. The smallest absolute Gasteiger partial charge is 0.404 e. The maximum absolute atomic E-state index is 14.6. The van der Waals surface area contributed by atoms with Gasteiger partial charge in [-0.3, -0.25) is 9.69 Å². The number of hydrogen-bond acceptors (Lipinski definition) is 8. The van der Waals surface area contributed by atoms with E-state index >= 15 is 0 Å². The van der Waals surface area contributed by atoms with Gasteiger partial charge in [0.15, 0.2) is 9.84 Å². The molecule has 2 aromatic carbocycles. The molecule has 290 valence electrons. The second-order valence-corrected chi connectivity index (χ2v) is 18.5. The van der Waals surface area contributed by atoms with E-state index in [1.54, 1.807) is 23.1 Å². The summed E-state index contributed by atoms with van der Waals surface area (Å²) in [5.41, 5.74) is 1.18. The summed E-state index contributed by atoms with van der Waals surface area (Å²) in [6, 6.07) is 15.7. The minimum atomic E-state index is -3.56. The third-order valence-electron chi connectivity index (χ3n) is 12.9. The Labute approximate surface area is 318 Å². The second-order valence-electron chi connectivity index (χ2n) is 16.2. The quantitative estimate of drug-likeness (QED) is 0.290. The maximum atomic E-state index is 14.6. The van der Waals surface area contributed by atoms with Gasteiger partial charge in [-0.25, -0.2) is 17.6 Å². The van der Waals surface area contributed by atoms with Gasteiger partial charge in [-0.1, -0.05) is 31.6 Å². The highest BCUT2D eigenvalue weighted by molar-refractivity contribution is 7.92. The molecule has 0 spiro atoms. The molecule has 4 aliphatic heterocycles. The molecule has 2 N–H and O–H groups in total. The standard InChI is InChI=1S/C41H53FN6O5S/c1-29(22-45-17-3-2-4-18-45)39(49)48-26-36(27-48)54(52,53)35-13-11-34(12-14-35)47-24-30(25-47)23-46-19-15-31(16-20-46)41(28-43,32-7-5-8-33(42)21-32)37-9-6-10-38(37)44-40(50)51/h5,7-8,11-14,21,30-31,36-38,44H,1-4,6,9-10,15-20,22-27H2,(H,50,51)/t37-,38-,41-/m0/s1. The SMILES string of the molecule is C=C(CN1CCCCC1)C(=O)N1CC(S(=O)(=O)c2ccc(N3CC(CN4CCC([C@@](C#N)(c5cccc(F)c5)[C@H]5CCC[C@@H]5NC(=O)O)CC4)C3)cc2)C1. The fourth-order valence-electron chi connectivity index (χ4n) is 9.92. The molecule has 0 unspecified atom stereocenters. The molecule has 0 aromatic heterocycles. The number of amides is 2. The molecule has 4 saturated heterocycles. The first-order valence-electron chi connectivity index (χ1n) is 19.7. The molecular formula is C41H53FN6O5S. The number of nitrogens with zero attached hydrogens (tertiary/aromatic N) is 5. The molecule has 1 aliphatic carbocycles. The first-order chi connectivity index (χ1) is 26.0. The Balaban J connectivity index is 0.895. The van der Waals surface area contributed by atoms with Gasteiger partial charge in [-0.2, -0.15) is 5.26 Å². The van der Waals surface area contributed by atoms with Crippen LogP contribution in [-0.2, 0) is 20.0 Å². The van der Waals surface area contributed by atoms with E-state index in [1.807, 2.05) is 18.2 Å². The van der Waals surface area contributed by atoms with Crippen molar-refractivity contribution in [3.8, 4) is 6.07 Å². The normalized spacial score (nSPS) is 24.6. The van der Waals surface area contributed by atoms with Crippen molar-refractivity contribution in [3.05, 3.63) is 72.1 Å². The second kappa shape index (κ2) is 16.0. The lowest BCUT2D eigenvalue weighted by Crippen LogP contribution is -2.57. The Kier molecular flexibility index (Phi) is 11.3. The predicted molar refractivity (Wildman–Crippen MR) is 204 cm³/mol. The number of carbonyl (C=O) groups is 2. The number of carbonyl (C=O) groups excluding carboxylic acids is 1. The van der Waals surface area contributed by atoms with Crippen LogP contribution < -0.4 is 10.2 Å². The van der Waals surface area contributed by atoms with Crippen LogP contribution in [0.4, 0.5) is 14.9 Å². The molecule has 2 aromatic rings. The fourth-order valence-corrected chi connectivity index (χ4v) is 11.6. The molecule has 0 bridgehead atoms. The zero-order valence-electron chi connectivity index (χ0n) is 31.0. The number of anilines is 1. The van der Waals surface area contributed by atoms with Gasteiger partial charge in [0.1, 0.15) is 11.1 Å². The van der Waals surface area contributed by atoms with Gasteiger partial charge in [-0.05, 0) is 113 Å². The van der Waals surface area contributed by atoms with E-state index in [-0.39, 0.29) is 47.6 Å². The van der Waals surface area contributed by atoms with Gasteiger partial charge in [0.2, 0.25) is 0 Å². The van der Waals surface area contributed by atoms with Gasteiger partial charge in [0.25, 0.3) is 5.91 Å². The summed E-state index contributed by atoms with van der Waals surface area (Å²) < 4.78 is 41.3. The highest BCUT2D eigenvalue weighted by Gasteiger charge is 2.53. The summed E-state index contributed by atoms with van der Waals surface area (Å²) in [7, 11) is -3.56. The molecule has 5 fully saturated rings. The number of nitriles is 1. The summed E-state index contributed by atoms with van der Waals surface area (Å²) >= 11 is 0. The number of carboxylic acid groups (broad SMARTS) is 1. The molecular weight excluding hydrogens is 708 g/mol. The Morgan fingerprint density at radius 2 is 1.63 bits per heavy atom. The summed E-state index contributed by atoms with van der Waals surface area (Å²) in [5, 5.41) is 22.5. The Hall–Kier alpha value is -3.99. The van der Waals surface area contributed by atoms with E-state index < -0.39 is 26.6 Å². The van der Waals surface area contributed by atoms with Crippen LogP contribution in [-0.4, -0.2) is 117 Å². The van der Waals surface area contributed by atoms with Crippen molar-refractivity contribution >= 4 is 27.5 Å². The van der Waals surface area contributed by atoms with Gasteiger partial charge in [-0.15, -0.1) is 0 Å². The molecule has 13 heteroatoms. The molecule has 2 amide bonds. The average Bonchev–Trinajstić information content (AvgIpc) is 3.58. The van der Waals surface area contributed by atoms with E-state index in [1.165, 1.54) is 18.6 Å². The maximum Gasteiger partial charge on any atom is 0.404 e. The third-order valence-corrected chi connectivity index (χ3v) is 15.0. The lowest BCUT2D eigenvalue weighted by molar-refractivity contribution is -0.130. The van der Waals surface area contributed by atoms with Crippen LogP contribution in [0.25, 0.3) is 0 Å². The van der Waals surface area contributed by atoms with Crippen molar-refractivity contribution in [2.45, 2.75) is 73.0 Å². The molecule has 0 radical (unpaired) electrons. The molecule has 7 rings (SSSR count). The summed E-state index contributed by atoms with van der Waals surface area (Å²) in [5.74, 6) is -0.339. The Bertz CT molecular complexity index is 1840. The highest BCUT2D eigenvalue weighted by atomic mass is 32.2. The van der Waals surface area contributed by atoms with Gasteiger partial charge in [0.05, 0.1) is 16.4 Å². The summed E-state index contributed by atoms with van der Waals surface area (Å²) in [6.07, 6.45) is 6.14. The molecule has 11 nitrogen and oxygen atoms in total. The van der Waals surface area contributed by atoms with Crippen molar-refractivity contribution in [3.63, 3.8) is 0 Å². The number of nitrogens with one attached hydrogen (secondary N) is 1. The largest absolute Gasteiger partial charge is 0.465 e. The van der Waals surface area contributed by atoms with Crippen LogP contribution in [0.3, 0.4) is 0 Å². The lowest BCUT2D eigenvalue weighted by atomic mass is 9.59. The van der Waals surface area contributed by atoms with Crippen LogP contribution in [0, 0.1) is 34.9 Å². The first-order valence-corrected chi connectivity index (χ1v) is 21.2. The Morgan fingerprint density at radius 1 is 0.926 bits per heavy atom. The topological polar surface area (TPSA) is 137 Å². The van der Waals surface area contributed by atoms with E-state index in [9.17, 15) is 32.8 Å². The van der Waals surface area contributed by atoms with Gasteiger partial charge >= 0.3 is 6.09 Å². The van der Waals surface area contributed by atoms with Crippen LogP contribution in [0.1, 0.15) is 56.9 Å². The number of piperidine rings is 2. The van der Waals surface area contributed by atoms with Crippen molar-refractivity contribution in [2.75, 3.05) is 70.3 Å². The minimum Gasteiger partial charge on any atom is -0.465 e. The predicted octanol–water partition coefficient (Wildman–Crippen LogP) is 4.90. The summed E-state index contributed by atoms with van der Waals surface area (Å²) in [6.45, 7) is 11.1. The fraction of sp³-hybridized carbons (Fsp3) is 0.585. The molecule has 3 atom stereocenters. The van der Waals surface area contributed by atoms with E-state index in [2.05, 4.69) is 32.7 Å². The Morgan fingerprint density at radius 3 is 2.28 bits per heavy atom. The summed E-state index contributed by atoms with van der Waals surface area (Å²) in [4.78, 5) is 33.4. The number of halogens is 1. The number of likely N-dealkylation sites (tertiary alicyclic amines) is 3. The van der Waals surface area contributed by atoms with Crippen LogP contribution in [0.2, 0.25) is 0 Å². The third kappa shape index (κ3) is 7.75. The monoisotopic (exact) mass is 760 g/mol. The molecule has 1 saturated carbocycles. The lowest BCUT2D eigenvalue weighted by Gasteiger charge is -2.48. The van der Waals surface area contributed by atoms with Crippen LogP contribution in [0.5, 0.6) is 0 Å².